The number of carbonyl (C=O) groups excluding carboxylic acids is 2. The zero-order valence-electron chi connectivity index (χ0n) is 15.8. The monoisotopic (exact) mass is 366 g/mol. The van der Waals surface area contributed by atoms with Crippen LogP contribution in [0.2, 0.25) is 0 Å². The first-order chi connectivity index (χ1) is 11.8. The van der Waals surface area contributed by atoms with E-state index in [-0.39, 0.29) is 30.5 Å². The molecule has 2 bridgehead atoms. The molecule has 0 amide bonds. The standard InChI is InChI=1S/C20H30O6/c1-15(2)6-4-7-16(3)12(15)5-8-17-9-18(24,11-21)19(25,10-17)13(22)14(23)20(16,17)26/h11-13,22,24-26H,4-10H2,1-3H3/t12-,13+,16-,17?,18+,19+,20?/m1/s1. The Morgan fingerprint density at radius 3 is 2.31 bits per heavy atom. The van der Waals surface area contributed by atoms with Crippen LogP contribution in [0.25, 0.3) is 0 Å². The lowest BCUT2D eigenvalue weighted by Gasteiger charge is -2.67. The molecule has 0 aliphatic heterocycles. The van der Waals surface area contributed by atoms with Crippen LogP contribution in [0.3, 0.4) is 0 Å². The Labute approximate surface area is 153 Å². The summed E-state index contributed by atoms with van der Waals surface area (Å²) in [5, 5.41) is 44.4. The normalized spacial score (nSPS) is 58.0. The highest BCUT2D eigenvalue weighted by Crippen LogP contribution is 2.74. The van der Waals surface area contributed by atoms with Crippen molar-refractivity contribution >= 4 is 12.1 Å². The second-order valence-electron chi connectivity index (χ2n) is 10.4. The van der Waals surface area contributed by atoms with Gasteiger partial charge in [0, 0.05) is 10.8 Å². The van der Waals surface area contributed by atoms with Crippen LogP contribution in [0.4, 0.5) is 0 Å². The van der Waals surface area contributed by atoms with Gasteiger partial charge in [0.2, 0.25) is 0 Å². The van der Waals surface area contributed by atoms with Crippen LogP contribution < -0.4 is 0 Å². The lowest BCUT2D eigenvalue weighted by molar-refractivity contribution is -0.264. The molecule has 7 atom stereocenters. The molecule has 4 saturated carbocycles. The maximum Gasteiger partial charge on any atom is 0.196 e. The smallest absolute Gasteiger partial charge is 0.196 e. The number of Topliss-reactive ketones (excluding diaryl/α,β-unsaturated/α-hetero) is 1. The predicted octanol–water partition coefficient (Wildman–Crippen LogP) is 0.729. The Hall–Kier alpha value is -0.820. The van der Waals surface area contributed by atoms with Crippen molar-refractivity contribution in [2.45, 2.75) is 88.6 Å². The zero-order valence-corrected chi connectivity index (χ0v) is 15.8. The van der Waals surface area contributed by atoms with E-state index in [2.05, 4.69) is 13.8 Å². The molecule has 26 heavy (non-hydrogen) atoms. The summed E-state index contributed by atoms with van der Waals surface area (Å²) >= 11 is 0. The summed E-state index contributed by atoms with van der Waals surface area (Å²) in [4.78, 5) is 25.0. The summed E-state index contributed by atoms with van der Waals surface area (Å²) in [6.45, 7) is 6.24. The predicted molar refractivity (Wildman–Crippen MR) is 92.1 cm³/mol. The molecule has 4 aliphatic carbocycles. The van der Waals surface area contributed by atoms with Crippen molar-refractivity contribution < 1.29 is 30.0 Å². The summed E-state index contributed by atoms with van der Waals surface area (Å²) in [5.74, 6) is -0.736. The minimum Gasteiger partial charge on any atom is -0.383 e. The third kappa shape index (κ3) is 1.65. The molecule has 1 spiro atoms. The van der Waals surface area contributed by atoms with Gasteiger partial charge in [-0.05, 0) is 49.9 Å². The van der Waals surface area contributed by atoms with Gasteiger partial charge in [-0.1, -0.05) is 27.2 Å². The van der Waals surface area contributed by atoms with E-state index in [0.29, 0.717) is 12.8 Å². The molecule has 0 aromatic carbocycles. The molecule has 4 aliphatic rings. The van der Waals surface area contributed by atoms with Gasteiger partial charge in [0.05, 0.1) is 0 Å². The highest BCUT2D eigenvalue weighted by molar-refractivity contribution is 5.97. The first-order valence-electron chi connectivity index (χ1n) is 9.70. The van der Waals surface area contributed by atoms with Crippen molar-refractivity contribution in [2.75, 3.05) is 0 Å². The largest absolute Gasteiger partial charge is 0.383 e. The fourth-order valence-corrected chi connectivity index (χ4v) is 7.74. The summed E-state index contributed by atoms with van der Waals surface area (Å²) in [6, 6.07) is 0. The molecule has 0 radical (unpaired) electrons. The highest BCUT2D eigenvalue weighted by atomic mass is 16.4. The highest BCUT2D eigenvalue weighted by Gasteiger charge is 2.83. The molecule has 146 valence electrons. The molecule has 0 aromatic rings. The lowest BCUT2D eigenvalue weighted by Crippen LogP contribution is -2.76. The molecule has 4 rings (SSSR count). The van der Waals surface area contributed by atoms with Gasteiger partial charge in [0.25, 0.3) is 0 Å². The lowest BCUT2D eigenvalue weighted by atomic mass is 9.38. The van der Waals surface area contributed by atoms with Crippen LogP contribution in [0.5, 0.6) is 0 Å². The number of aliphatic hydroxyl groups is 4. The van der Waals surface area contributed by atoms with Gasteiger partial charge in [-0.2, -0.15) is 0 Å². The number of hydrogen-bond donors (Lipinski definition) is 4. The number of hydrogen-bond acceptors (Lipinski definition) is 6. The van der Waals surface area contributed by atoms with Gasteiger partial charge in [-0.25, -0.2) is 0 Å². The number of aldehydes is 1. The van der Waals surface area contributed by atoms with E-state index in [4.69, 9.17) is 0 Å². The van der Waals surface area contributed by atoms with E-state index in [0.717, 1.165) is 19.3 Å². The van der Waals surface area contributed by atoms with E-state index in [1.807, 2.05) is 6.92 Å². The van der Waals surface area contributed by atoms with E-state index >= 15 is 0 Å². The Morgan fingerprint density at radius 2 is 1.69 bits per heavy atom. The van der Waals surface area contributed by atoms with Crippen LogP contribution >= 0.6 is 0 Å². The van der Waals surface area contributed by atoms with Gasteiger partial charge < -0.3 is 25.2 Å². The average molecular weight is 366 g/mol. The minimum atomic E-state index is -2.23. The SMILES string of the molecule is CC1(C)CCC[C@]2(C)[C@@H]1CCC13C[C@](O)(C=O)[C@](O)(C1)[C@@H](O)C(=O)C32O. The van der Waals surface area contributed by atoms with Crippen LogP contribution in [-0.2, 0) is 9.59 Å². The number of ketones is 1. The quantitative estimate of drug-likeness (QED) is 0.509. The zero-order chi connectivity index (χ0) is 19.4. The molecule has 2 unspecified atom stereocenters. The van der Waals surface area contributed by atoms with Crippen molar-refractivity contribution in [1.82, 2.24) is 0 Å². The summed E-state index contributed by atoms with van der Waals surface area (Å²) < 4.78 is 0. The molecule has 4 fully saturated rings. The molecular weight excluding hydrogens is 336 g/mol. The van der Waals surface area contributed by atoms with Gasteiger partial charge in [-0.15, -0.1) is 0 Å². The second kappa shape index (κ2) is 4.77. The minimum absolute atomic E-state index is 0.0527. The van der Waals surface area contributed by atoms with E-state index in [1.165, 1.54) is 0 Å². The Bertz CT molecular complexity index is 690. The fraction of sp³-hybridized carbons (Fsp3) is 0.900. The number of rotatable bonds is 1. The van der Waals surface area contributed by atoms with E-state index in [1.54, 1.807) is 0 Å². The van der Waals surface area contributed by atoms with Gasteiger partial charge in [-0.3, -0.25) is 4.79 Å². The molecule has 6 nitrogen and oxygen atoms in total. The third-order valence-electron chi connectivity index (χ3n) is 8.95. The van der Waals surface area contributed by atoms with E-state index < -0.39 is 39.5 Å². The number of carbonyl (C=O) groups is 2. The fourth-order valence-electron chi connectivity index (χ4n) is 7.74. The van der Waals surface area contributed by atoms with Crippen molar-refractivity contribution in [1.29, 1.82) is 0 Å². The van der Waals surface area contributed by atoms with Crippen LogP contribution in [0, 0.1) is 22.2 Å². The Balaban J connectivity index is 1.94. The summed E-state index contributed by atoms with van der Waals surface area (Å²) in [7, 11) is 0. The van der Waals surface area contributed by atoms with Crippen LogP contribution in [-0.4, -0.2) is 55.4 Å². The summed E-state index contributed by atoms with van der Waals surface area (Å²) in [5.41, 5.74) is -8.22. The van der Waals surface area contributed by atoms with Crippen molar-refractivity contribution in [2.24, 2.45) is 22.2 Å². The maximum absolute atomic E-state index is 13.3. The van der Waals surface area contributed by atoms with E-state index in [9.17, 15) is 30.0 Å². The molecule has 0 heterocycles. The third-order valence-corrected chi connectivity index (χ3v) is 8.95. The maximum atomic E-state index is 13.3. The van der Waals surface area contributed by atoms with Crippen molar-refractivity contribution in [3.8, 4) is 0 Å². The molecule has 0 saturated heterocycles. The average Bonchev–Trinajstić information content (AvgIpc) is 2.78. The number of fused-ring (bicyclic) bond motifs is 3. The first kappa shape index (κ1) is 18.5. The topological polar surface area (TPSA) is 115 Å². The molecule has 0 aromatic heterocycles. The van der Waals surface area contributed by atoms with Crippen molar-refractivity contribution in [3.05, 3.63) is 0 Å². The Kier molecular flexibility index (Phi) is 3.40. The number of aliphatic hydroxyl groups excluding tert-OH is 1. The van der Waals surface area contributed by atoms with Crippen LogP contribution in [0.15, 0.2) is 0 Å². The van der Waals surface area contributed by atoms with Gasteiger partial charge in [0.1, 0.15) is 17.3 Å². The van der Waals surface area contributed by atoms with Crippen molar-refractivity contribution in [3.63, 3.8) is 0 Å². The molecular formula is C20H30O6. The molecule has 6 heteroatoms. The summed E-state index contributed by atoms with van der Waals surface area (Å²) in [6.07, 6.45) is 1.67. The Morgan fingerprint density at radius 1 is 1.04 bits per heavy atom. The van der Waals surface area contributed by atoms with Gasteiger partial charge >= 0.3 is 0 Å². The van der Waals surface area contributed by atoms with Gasteiger partial charge in [0.15, 0.2) is 17.7 Å². The first-order valence-corrected chi connectivity index (χ1v) is 9.70. The second-order valence-corrected chi connectivity index (χ2v) is 10.4. The van der Waals surface area contributed by atoms with Crippen LogP contribution in [0.1, 0.15) is 65.7 Å². The molecule has 4 N–H and O–H groups in total.